The van der Waals surface area contributed by atoms with Crippen molar-refractivity contribution in [1.82, 2.24) is 5.32 Å². The molecule has 0 saturated heterocycles. The summed E-state index contributed by atoms with van der Waals surface area (Å²) in [6.07, 6.45) is 2.61. The smallest absolute Gasteiger partial charge is 0.0555 e. The van der Waals surface area contributed by atoms with E-state index in [1.165, 1.54) is 12.8 Å². The molecule has 2 aliphatic rings. The highest BCUT2D eigenvalue weighted by molar-refractivity contribution is 5.39. The van der Waals surface area contributed by atoms with Gasteiger partial charge in [-0.2, -0.15) is 0 Å². The van der Waals surface area contributed by atoms with E-state index in [9.17, 15) is 0 Å². The number of aliphatic hydroxyl groups is 1. The number of hydrogen-bond acceptors (Lipinski definition) is 2. The van der Waals surface area contributed by atoms with Gasteiger partial charge < -0.3 is 10.4 Å². The molecule has 0 spiro atoms. The maximum Gasteiger partial charge on any atom is 0.0555 e. The normalized spacial score (nSPS) is 30.7. The third-order valence-electron chi connectivity index (χ3n) is 4.16. The second-order valence-electron chi connectivity index (χ2n) is 5.02. The van der Waals surface area contributed by atoms with Gasteiger partial charge in [0.05, 0.1) is 6.61 Å². The van der Waals surface area contributed by atoms with E-state index in [-0.39, 0.29) is 6.61 Å². The molecule has 3 rings (SSSR count). The van der Waals surface area contributed by atoms with E-state index in [2.05, 4.69) is 29.6 Å². The maximum absolute atomic E-state index is 8.75. The SMILES string of the molecule is OCCNCC1C2CCc3ccccc3C21. The van der Waals surface area contributed by atoms with Crippen molar-refractivity contribution < 1.29 is 5.11 Å². The zero-order chi connectivity index (χ0) is 11.0. The molecule has 2 N–H and O–H groups in total. The highest BCUT2D eigenvalue weighted by Gasteiger charge is 2.52. The van der Waals surface area contributed by atoms with Gasteiger partial charge in [0.25, 0.3) is 0 Å². The van der Waals surface area contributed by atoms with Crippen LogP contribution >= 0.6 is 0 Å². The Labute approximate surface area is 96.7 Å². The zero-order valence-corrected chi connectivity index (χ0v) is 9.52. The van der Waals surface area contributed by atoms with Crippen molar-refractivity contribution in [2.24, 2.45) is 11.8 Å². The van der Waals surface area contributed by atoms with Crippen molar-refractivity contribution in [2.45, 2.75) is 18.8 Å². The number of hydrogen-bond donors (Lipinski definition) is 2. The average molecular weight is 217 g/mol. The lowest BCUT2D eigenvalue weighted by Gasteiger charge is -2.13. The number of nitrogens with one attached hydrogen (secondary N) is 1. The minimum Gasteiger partial charge on any atom is -0.395 e. The van der Waals surface area contributed by atoms with Gasteiger partial charge >= 0.3 is 0 Å². The first-order valence-electron chi connectivity index (χ1n) is 6.31. The molecular formula is C14H19NO. The molecule has 86 valence electrons. The molecule has 3 atom stereocenters. The van der Waals surface area contributed by atoms with Crippen LogP contribution in [0.3, 0.4) is 0 Å². The van der Waals surface area contributed by atoms with E-state index >= 15 is 0 Å². The summed E-state index contributed by atoms with van der Waals surface area (Å²) in [4.78, 5) is 0. The van der Waals surface area contributed by atoms with Crippen molar-refractivity contribution in [2.75, 3.05) is 19.7 Å². The summed E-state index contributed by atoms with van der Waals surface area (Å²) < 4.78 is 0. The molecular weight excluding hydrogens is 198 g/mol. The lowest BCUT2D eigenvalue weighted by atomic mass is 9.92. The summed E-state index contributed by atoms with van der Waals surface area (Å²) in [7, 11) is 0. The highest BCUT2D eigenvalue weighted by Crippen LogP contribution is 2.59. The molecule has 2 nitrogen and oxygen atoms in total. The quantitative estimate of drug-likeness (QED) is 0.750. The Morgan fingerprint density at radius 1 is 1.31 bits per heavy atom. The largest absolute Gasteiger partial charge is 0.395 e. The molecule has 16 heavy (non-hydrogen) atoms. The lowest BCUT2D eigenvalue weighted by Crippen LogP contribution is -2.21. The molecule has 0 heterocycles. The van der Waals surface area contributed by atoms with Crippen LogP contribution in [0.1, 0.15) is 23.5 Å². The van der Waals surface area contributed by atoms with E-state index in [0.717, 1.165) is 30.8 Å². The molecule has 2 heteroatoms. The Hall–Kier alpha value is -0.860. The predicted molar refractivity (Wildman–Crippen MR) is 64.4 cm³/mol. The van der Waals surface area contributed by atoms with Crippen LogP contribution in [0.2, 0.25) is 0 Å². The third-order valence-corrected chi connectivity index (χ3v) is 4.16. The zero-order valence-electron chi connectivity index (χ0n) is 9.52. The molecule has 1 aromatic rings. The third kappa shape index (κ3) is 1.66. The summed E-state index contributed by atoms with van der Waals surface area (Å²) in [5, 5.41) is 12.1. The van der Waals surface area contributed by atoms with Crippen molar-refractivity contribution in [1.29, 1.82) is 0 Å². The van der Waals surface area contributed by atoms with Crippen LogP contribution in [-0.2, 0) is 6.42 Å². The van der Waals surface area contributed by atoms with Gasteiger partial charge in [-0.05, 0) is 48.3 Å². The van der Waals surface area contributed by atoms with Gasteiger partial charge in [0.2, 0.25) is 0 Å². The van der Waals surface area contributed by atoms with Gasteiger partial charge in [-0.1, -0.05) is 24.3 Å². The standard InChI is InChI=1S/C14H19NO/c16-8-7-15-9-13-12-6-5-10-3-1-2-4-11(10)14(12)13/h1-4,12-16H,5-9H2. The lowest BCUT2D eigenvalue weighted by molar-refractivity contribution is 0.291. The van der Waals surface area contributed by atoms with Gasteiger partial charge in [-0.3, -0.25) is 0 Å². The fraction of sp³-hybridized carbons (Fsp3) is 0.571. The van der Waals surface area contributed by atoms with Gasteiger partial charge in [-0.15, -0.1) is 0 Å². The molecule has 0 radical (unpaired) electrons. The molecule has 3 unspecified atom stereocenters. The molecule has 1 saturated carbocycles. The summed E-state index contributed by atoms with van der Waals surface area (Å²) in [6.45, 7) is 2.06. The van der Waals surface area contributed by atoms with Crippen LogP contribution in [0.5, 0.6) is 0 Å². The van der Waals surface area contributed by atoms with Gasteiger partial charge in [0.1, 0.15) is 0 Å². The van der Waals surface area contributed by atoms with Gasteiger partial charge in [0, 0.05) is 6.54 Å². The maximum atomic E-state index is 8.75. The van der Waals surface area contributed by atoms with Crippen molar-refractivity contribution in [3.63, 3.8) is 0 Å². The van der Waals surface area contributed by atoms with E-state index in [4.69, 9.17) is 5.11 Å². The first kappa shape index (κ1) is 10.3. The Balaban J connectivity index is 1.68. The van der Waals surface area contributed by atoms with Crippen LogP contribution in [0.4, 0.5) is 0 Å². The molecule has 0 aliphatic heterocycles. The van der Waals surface area contributed by atoms with Crippen molar-refractivity contribution >= 4 is 0 Å². The topological polar surface area (TPSA) is 32.3 Å². The average Bonchev–Trinajstić information content (AvgIpc) is 3.04. The first-order chi connectivity index (χ1) is 7.92. The summed E-state index contributed by atoms with van der Waals surface area (Å²) in [5.41, 5.74) is 3.16. The highest BCUT2D eigenvalue weighted by atomic mass is 16.3. The first-order valence-corrected chi connectivity index (χ1v) is 6.31. The molecule has 0 bridgehead atoms. The number of aliphatic hydroxyl groups excluding tert-OH is 1. The van der Waals surface area contributed by atoms with E-state index < -0.39 is 0 Å². The van der Waals surface area contributed by atoms with Crippen LogP contribution in [0.25, 0.3) is 0 Å². The van der Waals surface area contributed by atoms with Gasteiger partial charge in [0.15, 0.2) is 0 Å². The van der Waals surface area contributed by atoms with E-state index in [1.807, 2.05) is 0 Å². The molecule has 0 aromatic heterocycles. The fourth-order valence-corrected chi connectivity index (χ4v) is 3.34. The van der Waals surface area contributed by atoms with Crippen molar-refractivity contribution in [3.8, 4) is 0 Å². The molecule has 2 aliphatic carbocycles. The van der Waals surface area contributed by atoms with E-state index in [0.29, 0.717) is 0 Å². The molecule has 0 amide bonds. The molecule has 1 fully saturated rings. The molecule has 1 aromatic carbocycles. The second-order valence-corrected chi connectivity index (χ2v) is 5.02. The fourth-order valence-electron chi connectivity index (χ4n) is 3.34. The minimum absolute atomic E-state index is 0.249. The number of rotatable bonds is 4. The van der Waals surface area contributed by atoms with E-state index in [1.54, 1.807) is 11.1 Å². The summed E-state index contributed by atoms with van der Waals surface area (Å²) >= 11 is 0. The number of benzene rings is 1. The van der Waals surface area contributed by atoms with Gasteiger partial charge in [-0.25, -0.2) is 0 Å². The van der Waals surface area contributed by atoms with Crippen LogP contribution in [0.15, 0.2) is 24.3 Å². The Bertz CT molecular complexity index is 377. The predicted octanol–water partition coefficient (Wildman–Crippen LogP) is 1.54. The number of aryl methyl sites for hydroxylation is 1. The monoisotopic (exact) mass is 217 g/mol. The minimum atomic E-state index is 0.249. The Morgan fingerprint density at radius 3 is 3.06 bits per heavy atom. The number of fused-ring (bicyclic) bond motifs is 3. The van der Waals surface area contributed by atoms with Crippen LogP contribution in [-0.4, -0.2) is 24.8 Å². The Kier molecular flexibility index (Phi) is 2.70. The summed E-state index contributed by atoms with van der Waals surface area (Å²) in [5.74, 6) is 2.52. The van der Waals surface area contributed by atoms with Crippen LogP contribution < -0.4 is 5.32 Å². The Morgan fingerprint density at radius 2 is 2.19 bits per heavy atom. The van der Waals surface area contributed by atoms with Crippen LogP contribution in [0, 0.1) is 11.8 Å². The second kappa shape index (κ2) is 4.19. The summed E-state index contributed by atoms with van der Waals surface area (Å²) in [6, 6.07) is 8.90. The van der Waals surface area contributed by atoms with Crippen molar-refractivity contribution in [3.05, 3.63) is 35.4 Å².